The second kappa shape index (κ2) is 8.49. The summed E-state index contributed by atoms with van der Waals surface area (Å²) >= 11 is 20.5. The fourth-order valence-corrected chi connectivity index (χ4v) is 2.96. The van der Waals surface area contributed by atoms with Crippen LogP contribution in [0.15, 0.2) is 46.0 Å². The highest BCUT2D eigenvalue weighted by Gasteiger charge is 2.10. The molecule has 0 bridgehead atoms. The lowest BCUT2D eigenvalue weighted by Gasteiger charge is -2.12. The van der Waals surface area contributed by atoms with E-state index >= 15 is 0 Å². The standard InChI is InChI=1S/C15H12BrCl2N3OS/c16-11-5-9(7-20-21-15(19)23)6-13(18)14(11)22-8-10-3-1-2-4-12(10)17/h1-7H,8H2,(H3,19,21,23). The molecule has 0 aliphatic heterocycles. The number of nitrogens with zero attached hydrogens (tertiary/aromatic N) is 1. The van der Waals surface area contributed by atoms with Gasteiger partial charge in [0.15, 0.2) is 10.9 Å². The summed E-state index contributed by atoms with van der Waals surface area (Å²) in [6.45, 7) is 0.314. The molecule has 0 radical (unpaired) electrons. The fourth-order valence-electron chi connectivity index (χ4n) is 1.73. The van der Waals surface area contributed by atoms with Gasteiger partial charge in [0.05, 0.1) is 15.7 Å². The Labute approximate surface area is 157 Å². The minimum absolute atomic E-state index is 0.0890. The van der Waals surface area contributed by atoms with Crippen LogP contribution in [0.5, 0.6) is 5.75 Å². The quantitative estimate of drug-likeness (QED) is 0.414. The van der Waals surface area contributed by atoms with Crippen molar-refractivity contribution in [2.45, 2.75) is 6.61 Å². The maximum absolute atomic E-state index is 6.26. The zero-order chi connectivity index (χ0) is 16.8. The van der Waals surface area contributed by atoms with Crippen LogP contribution in [0.1, 0.15) is 11.1 Å². The van der Waals surface area contributed by atoms with Crippen molar-refractivity contribution in [3.8, 4) is 5.75 Å². The van der Waals surface area contributed by atoms with Gasteiger partial charge in [-0.2, -0.15) is 5.10 Å². The molecule has 0 saturated carbocycles. The van der Waals surface area contributed by atoms with Crippen molar-refractivity contribution in [1.29, 1.82) is 0 Å². The van der Waals surface area contributed by atoms with Gasteiger partial charge in [0, 0.05) is 10.6 Å². The number of rotatable bonds is 5. The molecule has 0 atom stereocenters. The van der Waals surface area contributed by atoms with E-state index in [4.69, 9.17) is 33.7 Å². The van der Waals surface area contributed by atoms with Crippen molar-refractivity contribution in [3.63, 3.8) is 0 Å². The number of nitrogens with one attached hydrogen (secondary N) is 1. The largest absolute Gasteiger partial charge is 0.486 e. The van der Waals surface area contributed by atoms with Crippen molar-refractivity contribution in [2.75, 3.05) is 0 Å². The summed E-state index contributed by atoms with van der Waals surface area (Å²) in [4.78, 5) is 0. The second-order valence-electron chi connectivity index (χ2n) is 4.43. The molecular formula is C15H12BrCl2N3OS. The predicted octanol–water partition coefficient (Wildman–Crippen LogP) is 4.50. The molecule has 2 aromatic rings. The van der Waals surface area contributed by atoms with E-state index in [2.05, 4.69) is 38.7 Å². The van der Waals surface area contributed by atoms with E-state index in [1.165, 1.54) is 0 Å². The van der Waals surface area contributed by atoms with Crippen LogP contribution >= 0.6 is 51.3 Å². The zero-order valence-corrected chi connectivity index (χ0v) is 15.6. The van der Waals surface area contributed by atoms with E-state index in [1.807, 2.05) is 30.3 Å². The van der Waals surface area contributed by atoms with Gasteiger partial charge >= 0.3 is 0 Å². The van der Waals surface area contributed by atoms with Gasteiger partial charge in [-0.25, -0.2) is 0 Å². The van der Waals surface area contributed by atoms with E-state index in [1.54, 1.807) is 12.3 Å². The van der Waals surface area contributed by atoms with Crippen LogP contribution in [0.3, 0.4) is 0 Å². The maximum atomic E-state index is 6.26. The maximum Gasteiger partial charge on any atom is 0.184 e. The molecule has 2 rings (SSSR count). The van der Waals surface area contributed by atoms with Gasteiger partial charge in [0.25, 0.3) is 0 Å². The number of halogens is 3. The summed E-state index contributed by atoms with van der Waals surface area (Å²) in [7, 11) is 0. The lowest BCUT2D eigenvalue weighted by molar-refractivity contribution is 0.304. The smallest absolute Gasteiger partial charge is 0.184 e. The number of hydrazone groups is 1. The molecule has 8 heteroatoms. The predicted molar refractivity (Wildman–Crippen MR) is 102 cm³/mol. The van der Waals surface area contributed by atoms with E-state index in [0.29, 0.717) is 26.9 Å². The van der Waals surface area contributed by atoms with Crippen LogP contribution in [0.2, 0.25) is 10.0 Å². The zero-order valence-electron chi connectivity index (χ0n) is 11.7. The number of nitrogens with two attached hydrogens (primary N) is 1. The van der Waals surface area contributed by atoms with Crippen LogP contribution in [0, 0.1) is 0 Å². The first kappa shape index (κ1) is 18.0. The average molecular weight is 433 g/mol. The Morgan fingerprint density at radius 2 is 2.04 bits per heavy atom. The number of hydrogen-bond acceptors (Lipinski definition) is 3. The number of thiocarbonyl (C=S) groups is 1. The van der Waals surface area contributed by atoms with Gasteiger partial charge < -0.3 is 10.5 Å². The van der Waals surface area contributed by atoms with Crippen molar-refractivity contribution < 1.29 is 4.74 Å². The molecule has 23 heavy (non-hydrogen) atoms. The minimum atomic E-state index is 0.0890. The van der Waals surface area contributed by atoms with Crippen molar-refractivity contribution in [2.24, 2.45) is 10.8 Å². The summed E-state index contributed by atoms with van der Waals surface area (Å²) < 4.78 is 6.47. The Morgan fingerprint density at radius 1 is 1.30 bits per heavy atom. The topological polar surface area (TPSA) is 59.6 Å². The lowest BCUT2D eigenvalue weighted by atomic mass is 10.2. The molecule has 0 fully saturated rings. The molecule has 0 spiro atoms. The molecule has 0 aromatic heterocycles. The van der Waals surface area contributed by atoms with Crippen LogP contribution in [-0.2, 0) is 6.61 Å². The van der Waals surface area contributed by atoms with Crippen LogP contribution in [0.4, 0.5) is 0 Å². The average Bonchev–Trinajstić information content (AvgIpc) is 2.48. The number of ether oxygens (including phenoxy) is 1. The first-order valence-electron chi connectivity index (χ1n) is 6.41. The molecular weight excluding hydrogens is 421 g/mol. The minimum Gasteiger partial charge on any atom is -0.486 e. The van der Waals surface area contributed by atoms with Crippen molar-refractivity contribution in [3.05, 3.63) is 62.0 Å². The van der Waals surface area contributed by atoms with Gasteiger partial charge in [0.2, 0.25) is 0 Å². The van der Waals surface area contributed by atoms with Gasteiger partial charge in [-0.15, -0.1) is 0 Å². The first-order valence-corrected chi connectivity index (χ1v) is 8.37. The Hall–Kier alpha value is -1.34. The molecule has 4 nitrogen and oxygen atoms in total. The van der Waals surface area contributed by atoms with E-state index in [9.17, 15) is 0 Å². The van der Waals surface area contributed by atoms with E-state index < -0.39 is 0 Å². The van der Waals surface area contributed by atoms with Gasteiger partial charge in [-0.3, -0.25) is 5.43 Å². The number of benzene rings is 2. The molecule has 0 aliphatic carbocycles. The van der Waals surface area contributed by atoms with Gasteiger partial charge in [-0.05, 0) is 51.9 Å². The molecule has 0 heterocycles. The summed E-state index contributed by atoms with van der Waals surface area (Å²) in [5.41, 5.74) is 9.40. The number of hydrogen-bond donors (Lipinski definition) is 2. The normalized spacial score (nSPS) is 10.7. The van der Waals surface area contributed by atoms with E-state index in [-0.39, 0.29) is 5.11 Å². The van der Waals surface area contributed by atoms with Crippen LogP contribution in [-0.4, -0.2) is 11.3 Å². The third-order valence-electron chi connectivity index (χ3n) is 2.74. The highest BCUT2D eigenvalue weighted by atomic mass is 79.9. The Balaban J connectivity index is 2.13. The Morgan fingerprint density at radius 3 is 2.70 bits per heavy atom. The summed E-state index contributed by atoms with van der Waals surface area (Å²) in [6.07, 6.45) is 1.55. The summed E-state index contributed by atoms with van der Waals surface area (Å²) in [5, 5.41) is 5.06. The molecule has 120 valence electrons. The van der Waals surface area contributed by atoms with Crippen LogP contribution < -0.4 is 15.9 Å². The molecule has 0 saturated heterocycles. The third kappa shape index (κ3) is 5.35. The molecule has 2 aromatic carbocycles. The highest BCUT2D eigenvalue weighted by Crippen LogP contribution is 2.35. The molecule has 3 N–H and O–H groups in total. The van der Waals surface area contributed by atoms with Crippen LogP contribution in [0.25, 0.3) is 0 Å². The van der Waals surface area contributed by atoms with Gasteiger partial charge in [0.1, 0.15) is 6.61 Å². The van der Waals surface area contributed by atoms with Crippen molar-refractivity contribution >= 4 is 62.7 Å². The lowest BCUT2D eigenvalue weighted by Crippen LogP contribution is -2.23. The fraction of sp³-hybridized carbons (Fsp3) is 0.0667. The molecule has 0 amide bonds. The first-order chi connectivity index (χ1) is 11.0. The monoisotopic (exact) mass is 431 g/mol. The summed E-state index contributed by atoms with van der Waals surface area (Å²) in [5.74, 6) is 0.533. The Kier molecular flexibility index (Phi) is 6.65. The summed E-state index contributed by atoms with van der Waals surface area (Å²) in [6, 6.07) is 11.0. The van der Waals surface area contributed by atoms with E-state index in [0.717, 1.165) is 11.1 Å². The molecule has 0 aliphatic rings. The second-order valence-corrected chi connectivity index (χ2v) is 6.54. The van der Waals surface area contributed by atoms with Gasteiger partial charge in [-0.1, -0.05) is 41.4 Å². The molecule has 0 unspecified atom stereocenters. The Bertz CT molecular complexity index is 732. The SMILES string of the molecule is NC(=S)NN=Cc1cc(Cl)c(OCc2ccccc2Cl)c(Br)c1. The van der Waals surface area contributed by atoms with Crippen molar-refractivity contribution in [1.82, 2.24) is 5.43 Å². The third-order valence-corrected chi connectivity index (χ3v) is 4.07. The highest BCUT2D eigenvalue weighted by molar-refractivity contribution is 9.10.